The number of thiophene rings is 1. The Kier molecular flexibility index (Phi) is 2.87. The average molecular weight is 210 g/mol. The molecule has 0 amide bonds. The summed E-state index contributed by atoms with van der Waals surface area (Å²) in [4.78, 5) is 12.0. The third-order valence-electron chi connectivity index (χ3n) is 2.95. The molecule has 1 aromatic rings. The smallest absolute Gasteiger partial charge is 0.303 e. The monoisotopic (exact) mass is 210 g/mol. The van der Waals surface area contributed by atoms with Gasteiger partial charge in [0, 0.05) is 11.3 Å². The second-order valence-electron chi connectivity index (χ2n) is 3.99. The van der Waals surface area contributed by atoms with Crippen molar-refractivity contribution in [3.05, 3.63) is 22.4 Å². The Bertz CT molecular complexity index is 305. The van der Waals surface area contributed by atoms with E-state index in [1.165, 1.54) is 11.3 Å². The van der Waals surface area contributed by atoms with Gasteiger partial charge in [-0.2, -0.15) is 0 Å². The lowest BCUT2D eigenvalue weighted by Gasteiger charge is -2.07. The molecular formula is C11H14O2S. The van der Waals surface area contributed by atoms with Crippen molar-refractivity contribution < 1.29 is 9.90 Å². The van der Waals surface area contributed by atoms with Crippen molar-refractivity contribution >= 4 is 17.3 Å². The Morgan fingerprint density at radius 2 is 2.43 bits per heavy atom. The Morgan fingerprint density at radius 1 is 1.57 bits per heavy atom. The van der Waals surface area contributed by atoms with Crippen LogP contribution >= 0.6 is 11.3 Å². The number of carboxylic acids is 1. The first-order valence-corrected chi connectivity index (χ1v) is 5.89. The summed E-state index contributed by atoms with van der Waals surface area (Å²) in [7, 11) is 0. The molecule has 1 saturated carbocycles. The molecule has 2 nitrogen and oxygen atoms in total. The first-order chi connectivity index (χ1) is 6.75. The second-order valence-corrected chi connectivity index (χ2v) is 4.97. The van der Waals surface area contributed by atoms with E-state index in [0.29, 0.717) is 18.3 Å². The fourth-order valence-corrected chi connectivity index (χ4v) is 3.17. The summed E-state index contributed by atoms with van der Waals surface area (Å²) in [6, 6.07) is 4.24. The normalized spacial score (nSPS) is 26.6. The van der Waals surface area contributed by atoms with E-state index in [1.54, 1.807) is 11.3 Å². The molecule has 1 aliphatic carbocycles. The molecule has 2 atom stereocenters. The standard InChI is InChI=1S/C11H14O2S/c12-11(13)7-8-3-4-9(6-8)10-2-1-5-14-10/h1-2,5,8-9H,3-4,6-7H2,(H,12,13). The molecule has 3 heteroatoms. The zero-order valence-corrected chi connectivity index (χ0v) is 8.80. The summed E-state index contributed by atoms with van der Waals surface area (Å²) < 4.78 is 0. The van der Waals surface area contributed by atoms with Crippen LogP contribution in [0.5, 0.6) is 0 Å². The first kappa shape index (κ1) is 9.71. The van der Waals surface area contributed by atoms with Crippen molar-refractivity contribution in [2.24, 2.45) is 5.92 Å². The highest BCUT2D eigenvalue weighted by Crippen LogP contribution is 2.41. The van der Waals surface area contributed by atoms with Crippen molar-refractivity contribution in [3.63, 3.8) is 0 Å². The Labute approximate surface area is 87.6 Å². The first-order valence-electron chi connectivity index (χ1n) is 5.01. The Hall–Kier alpha value is -0.830. The third-order valence-corrected chi connectivity index (χ3v) is 3.98. The lowest BCUT2D eigenvalue weighted by molar-refractivity contribution is -0.138. The molecule has 0 spiro atoms. The van der Waals surface area contributed by atoms with E-state index in [9.17, 15) is 4.79 Å². The SMILES string of the molecule is O=C(O)CC1CCC(c2cccs2)C1. The van der Waals surface area contributed by atoms with Crippen LogP contribution in [0, 0.1) is 5.92 Å². The number of aliphatic carboxylic acids is 1. The molecule has 1 N–H and O–H groups in total. The molecule has 1 aromatic heterocycles. The van der Waals surface area contributed by atoms with Crippen LogP contribution in [0.25, 0.3) is 0 Å². The van der Waals surface area contributed by atoms with Gasteiger partial charge in [0.2, 0.25) is 0 Å². The second kappa shape index (κ2) is 4.13. The van der Waals surface area contributed by atoms with E-state index in [-0.39, 0.29) is 0 Å². The predicted octanol–water partition coefficient (Wildman–Crippen LogP) is 3.11. The molecule has 2 rings (SSSR count). The van der Waals surface area contributed by atoms with Crippen LogP contribution < -0.4 is 0 Å². The third kappa shape index (κ3) is 2.15. The Balaban J connectivity index is 1.92. The number of carboxylic acid groups (broad SMARTS) is 1. The van der Waals surface area contributed by atoms with Crippen LogP contribution in [0.3, 0.4) is 0 Å². The summed E-state index contributed by atoms with van der Waals surface area (Å²) in [6.45, 7) is 0. The van der Waals surface area contributed by atoms with Crippen LogP contribution in [0.15, 0.2) is 17.5 Å². The number of rotatable bonds is 3. The number of hydrogen-bond acceptors (Lipinski definition) is 2. The molecule has 2 unspecified atom stereocenters. The highest BCUT2D eigenvalue weighted by Gasteiger charge is 2.27. The fraction of sp³-hybridized carbons (Fsp3) is 0.545. The van der Waals surface area contributed by atoms with Crippen LogP contribution in [0.1, 0.15) is 36.5 Å². The maximum Gasteiger partial charge on any atom is 0.303 e. The topological polar surface area (TPSA) is 37.3 Å². The zero-order chi connectivity index (χ0) is 9.97. The van der Waals surface area contributed by atoms with Gasteiger partial charge in [-0.05, 0) is 42.5 Å². The fourth-order valence-electron chi connectivity index (χ4n) is 2.29. The van der Waals surface area contributed by atoms with Crippen LogP contribution in [0.4, 0.5) is 0 Å². The molecule has 1 fully saturated rings. The molecule has 1 aliphatic rings. The molecule has 0 saturated heterocycles. The highest BCUT2D eigenvalue weighted by molar-refractivity contribution is 7.10. The summed E-state index contributed by atoms with van der Waals surface area (Å²) in [5.74, 6) is 0.376. The highest BCUT2D eigenvalue weighted by atomic mass is 32.1. The average Bonchev–Trinajstić information content (AvgIpc) is 2.69. The quantitative estimate of drug-likeness (QED) is 0.832. The number of hydrogen-bond donors (Lipinski definition) is 1. The van der Waals surface area contributed by atoms with Crippen molar-refractivity contribution in [1.82, 2.24) is 0 Å². The molecular weight excluding hydrogens is 196 g/mol. The largest absolute Gasteiger partial charge is 0.481 e. The minimum atomic E-state index is -0.651. The molecule has 14 heavy (non-hydrogen) atoms. The molecule has 0 radical (unpaired) electrons. The summed E-state index contributed by atoms with van der Waals surface area (Å²) >= 11 is 1.79. The van der Waals surface area contributed by atoms with Gasteiger partial charge in [0.25, 0.3) is 0 Å². The van der Waals surface area contributed by atoms with E-state index >= 15 is 0 Å². The lowest BCUT2D eigenvalue weighted by atomic mass is 10.0. The van der Waals surface area contributed by atoms with E-state index in [0.717, 1.165) is 12.8 Å². The van der Waals surface area contributed by atoms with Crippen LogP contribution in [0.2, 0.25) is 0 Å². The van der Waals surface area contributed by atoms with Gasteiger partial charge in [0.05, 0.1) is 0 Å². The molecule has 1 heterocycles. The molecule has 0 bridgehead atoms. The maximum atomic E-state index is 10.6. The number of carbonyl (C=O) groups is 1. The lowest BCUT2D eigenvalue weighted by Crippen LogP contribution is -2.03. The maximum absolute atomic E-state index is 10.6. The van der Waals surface area contributed by atoms with Gasteiger partial charge in [-0.1, -0.05) is 6.07 Å². The minimum Gasteiger partial charge on any atom is -0.481 e. The van der Waals surface area contributed by atoms with Gasteiger partial charge in [-0.15, -0.1) is 11.3 Å². The van der Waals surface area contributed by atoms with Crippen molar-refractivity contribution in [1.29, 1.82) is 0 Å². The molecule has 0 aliphatic heterocycles. The van der Waals surface area contributed by atoms with E-state index < -0.39 is 5.97 Å². The summed E-state index contributed by atoms with van der Waals surface area (Å²) in [6.07, 6.45) is 3.65. The van der Waals surface area contributed by atoms with Gasteiger partial charge in [-0.25, -0.2) is 0 Å². The predicted molar refractivity (Wildman–Crippen MR) is 56.7 cm³/mol. The van der Waals surface area contributed by atoms with E-state index in [1.807, 2.05) is 0 Å². The van der Waals surface area contributed by atoms with Gasteiger partial charge >= 0.3 is 5.97 Å². The van der Waals surface area contributed by atoms with Crippen LogP contribution in [-0.2, 0) is 4.79 Å². The van der Waals surface area contributed by atoms with Gasteiger partial charge < -0.3 is 5.11 Å². The summed E-state index contributed by atoms with van der Waals surface area (Å²) in [5.41, 5.74) is 0. The van der Waals surface area contributed by atoms with Gasteiger partial charge in [0.1, 0.15) is 0 Å². The zero-order valence-electron chi connectivity index (χ0n) is 7.98. The minimum absolute atomic E-state index is 0.349. The van der Waals surface area contributed by atoms with E-state index in [2.05, 4.69) is 17.5 Å². The molecule has 76 valence electrons. The van der Waals surface area contributed by atoms with Gasteiger partial charge in [0.15, 0.2) is 0 Å². The van der Waals surface area contributed by atoms with Crippen molar-refractivity contribution in [2.45, 2.75) is 31.6 Å². The summed E-state index contributed by atoms with van der Waals surface area (Å²) in [5, 5.41) is 10.8. The molecule has 0 aromatic carbocycles. The van der Waals surface area contributed by atoms with E-state index in [4.69, 9.17) is 5.11 Å². The van der Waals surface area contributed by atoms with Crippen LogP contribution in [-0.4, -0.2) is 11.1 Å². The van der Waals surface area contributed by atoms with Crippen molar-refractivity contribution in [2.75, 3.05) is 0 Å². The van der Waals surface area contributed by atoms with Crippen molar-refractivity contribution in [3.8, 4) is 0 Å². The Morgan fingerprint density at radius 3 is 3.07 bits per heavy atom. The van der Waals surface area contributed by atoms with Gasteiger partial charge in [-0.3, -0.25) is 4.79 Å².